The summed E-state index contributed by atoms with van der Waals surface area (Å²) in [7, 11) is 0. The fourth-order valence-electron chi connectivity index (χ4n) is 1.82. The molecule has 0 bridgehead atoms. The number of nitro groups is 1. The number of carboxylic acids is 1. The molecule has 0 heterocycles. The minimum absolute atomic E-state index is 0.0195. The van der Waals surface area contributed by atoms with Crippen LogP contribution < -0.4 is 4.74 Å². The van der Waals surface area contributed by atoms with Gasteiger partial charge in [0.05, 0.1) is 11.5 Å². The Morgan fingerprint density at radius 2 is 1.80 bits per heavy atom. The normalized spacial score (nSPS) is 10.2. The maximum atomic E-state index is 10.8. The Labute approximate surface area is 117 Å². The van der Waals surface area contributed by atoms with Crippen molar-refractivity contribution < 1.29 is 19.6 Å². The van der Waals surface area contributed by atoms with Gasteiger partial charge in [-0.2, -0.15) is 0 Å². The lowest BCUT2D eigenvalue weighted by atomic mass is 10.1. The molecule has 1 rings (SSSR count). The molecular weight excluding hydrogens is 262 g/mol. The van der Waals surface area contributed by atoms with Crippen LogP contribution in [0.4, 0.5) is 5.69 Å². The van der Waals surface area contributed by atoms with Crippen LogP contribution in [0.2, 0.25) is 0 Å². The molecule has 0 atom stereocenters. The third kappa shape index (κ3) is 6.17. The van der Waals surface area contributed by atoms with Crippen molar-refractivity contribution in [1.29, 1.82) is 0 Å². The lowest BCUT2D eigenvalue weighted by Gasteiger charge is -2.06. The molecule has 0 aliphatic heterocycles. The number of para-hydroxylation sites is 2. The van der Waals surface area contributed by atoms with Crippen molar-refractivity contribution in [3.63, 3.8) is 0 Å². The van der Waals surface area contributed by atoms with Gasteiger partial charge in [-0.25, -0.2) is 0 Å². The highest BCUT2D eigenvalue weighted by atomic mass is 16.6. The summed E-state index contributed by atoms with van der Waals surface area (Å²) < 4.78 is 5.41. The van der Waals surface area contributed by atoms with E-state index >= 15 is 0 Å². The molecule has 1 aromatic carbocycles. The summed E-state index contributed by atoms with van der Waals surface area (Å²) >= 11 is 0. The van der Waals surface area contributed by atoms with Crippen LogP contribution in [0.3, 0.4) is 0 Å². The van der Waals surface area contributed by atoms with E-state index in [1.807, 2.05) is 0 Å². The van der Waals surface area contributed by atoms with Crippen molar-refractivity contribution >= 4 is 11.7 Å². The molecule has 1 aromatic rings. The highest BCUT2D eigenvalue weighted by Gasteiger charge is 2.12. The lowest BCUT2D eigenvalue weighted by molar-refractivity contribution is -0.385. The van der Waals surface area contributed by atoms with Gasteiger partial charge in [-0.1, -0.05) is 31.4 Å². The number of nitro benzene ring substituents is 1. The van der Waals surface area contributed by atoms with Gasteiger partial charge in [0.2, 0.25) is 0 Å². The number of nitrogens with zero attached hydrogens (tertiary/aromatic N) is 1. The molecule has 110 valence electrons. The molecule has 0 saturated heterocycles. The molecule has 0 spiro atoms. The van der Waals surface area contributed by atoms with Gasteiger partial charge in [0.15, 0.2) is 5.75 Å². The molecule has 0 saturated carbocycles. The van der Waals surface area contributed by atoms with Gasteiger partial charge >= 0.3 is 11.7 Å². The second kappa shape index (κ2) is 8.90. The van der Waals surface area contributed by atoms with Crippen LogP contribution in [0.15, 0.2) is 24.3 Å². The fraction of sp³-hybridized carbons (Fsp3) is 0.500. The topological polar surface area (TPSA) is 89.7 Å². The minimum Gasteiger partial charge on any atom is -0.487 e. The Morgan fingerprint density at radius 1 is 1.15 bits per heavy atom. The van der Waals surface area contributed by atoms with Crippen molar-refractivity contribution in [3.8, 4) is 5.75 Å². The van der Waals surface area contributed by atoms with E-state index < -0.39 is 10.9 Å². The van der Waals surface area contributed by atoms with Crippen molar-refractivity contribution in [1.82, 2.24) is 0 Å². The van der Waals surface area contributed by atoms with Gasteiger partial charge in [0.25, 0.3) is 0 Å². The number of rotatable bonds is 10. The monoisotopic (exact) mass is 281 g/mol. The molecule has 0 radical (unpaired) electrons. The van der Waals surface area contributed by atoms with Crippen molar-refractivity contribution in [2.75, 3.05) is 6.61 Å². The Morgan fingerprint density at radius 3 is 2.50 bits per heavy atom. The second-order valence-corrected chi connectivity index (χ2v) is 4.48. The average molecular weight is 281 g/mol. The minimum atomic E-state index is -0.760. The molecule has 20 heavy (non-hydrogen) atoms. The number of benzene rings is 1. The Kier molecular flexibility index (Phi) is 7.10. The number of carboxylic acid groups (broad SMARTS) is 1. The molecule has 6 heteroatoms. The average Bonchev–Trinajstić information content (AvgIpc) is 2.41. The van der Waals surface area contributed by atoms with Gasteiger partial charge in [-0.05, 0) is 18.9 Å². The molecule has 0 aliphatic rings. The molecule has 0 aliphatic carbocycles. The SMILES string of the molecule is O=C(O)CCCCCCCOc1ccccc1[N+](=O)[O-]. The largest absolute Gasteiger partial charge is 0.487 e. The van der Waals surface area contributed by atoms with Crippen molar-refractivity contribution in [3.05, 3.63) is 34.4 Å². The van der Waals surface area contributed by atoms with Gasteiger partial charge < -0.3 is 9.84 Å². The summed E-state index contributed by atoms with van der Waals surface area (Å²) in [5.41, 5.74) is -0.0195. The first kappa shape index (κ1) is 15.9. The maximum absolute atomic E-state index is 10.8. The zero-order chi connectivity index (χ0) is 14.8. The third-order valence-corrected chi connectivity index (χ3v) is 2.85. The Balaban J connectivity index is 2.15. The fourth-order valence-corrected chi connectivity index (χ4v) is 1.82. The van der Waals surface area contributed by atoms with Crippen LogP contribution in [-0.4, -0.2) is 22.6 Å². The van der Waals surface area contributed by atoms with Gasteiger partial charge in [-0.3, -0.25) is 14.9 Å². The molecule has 6 nitrogen and oxygen atoms in total. The van der Waals surface area contributed by atoms with Crippen molar-refractivity contribution in [2.45, 2.75) is 38.5 Å². The number of aliphatic carboxylic acids is 1. The molecule has 0 aromatic heterocycles. The number of ether oxygens (including phenoxy) is 1. The Bertz CT molecular complexity index is 447. The lowest BCUT2D eigenvalue weighted by Crippen LogP contribution is -2.00. The summed E-state index contributed by atoms with van der Waals surface area (Å²) in [6.07, 6.45) is 4.48. The molecule has 0 unspecified atom stereocenters. The van der Waals surface area contributed by atoms with Crippen LogP contribution in [0.5, 0.6) is 5.75 Å². The molecule has 0 fully saturated rings. The first-order valence-corrected chi connectivity index (χ1v) is 6.69. The number of carbonyl (C=O) groups is 1. The van der Waals surface area contributed by atoms with E-state index in [2.05, 4.69) is 0 Å². The van der Waals surface area contributed by atoms with Crippen LogP contribution >= 0.6 is 0 Å². The van der Waals surface area contributed by atoms with Crippen LogP contribution in [0, 0.1) is 10.1 Å². The van der Waals surface area contributed by atoms with Crippen molar-refractivity contribution in [2.24, 2.45) is 0 Å². The quantitative estimate of drug-likeness (QED) is 0.403. The third-order valence-electron chi connectivity index (χ3n) is 2.85. The van der Waals surface area contributed by atoms with Gasteiger partial charge in [0.1, 0.15) is 0 Å². The molecule has 1 N–H and O–H groups in total. The number of hydrogen-bond donors (Lipinski definition) is 1. The predicted octanol–water partition coefficient (Wildman–Crippen LogP) is 3.40. The summed E-state index contributed by atoms with van der Waals surface area (Å²) in [5, 5.41) is 19.2. The summed E-state index contributed by atoms with van der Waals surface area (Å²) in [6, 6.07) is 6.31. The summed E-state index contributed by atoms with van der Waals surface area (Å²) in [6.45, 7) is 0.434. The number of hydrogen-bond acceptors (Lipinski definition) is 4. The summed E-state index contributed by atoms with van der Waals surface area (Å²) in [4.78, 5) is 20.6. The highest BCUT2D eigenvalue weighted by molar-refractivity contribution is 5.66. The maximum Gasteiger partial charge on any atom is 0.310 e. The molecule has 0 amide bonds. The zero-order valence-electron chi connectivity index (χ0n) is 11.3. The smallest absolute Gasteiger partial charge is 0.310 e. The Hall–Kier alpha value is -2.11. The predicted molar refractivity (Wildman–Crippen MR) is 73.9 cm³/mol. The van der Waals surface area contributed by atoms with E-state index in [1.165, 1.54) is 6.07 Å². The standard InChI is InChI=1S/C14H19NO5/c16-14(17)10-4-2-1-3-7-11-20-13-9-6-5-8-12(13)15(18)19/h5-6,8-9H,1-4,7,10-11H2,(H,16,17). The van der Waals surface area contributed by atoms with E-state index in [4.69, 9.17) is 9.84 Å². The number of unbranched alkanes of at least 4 members (excludes halogenated alkanes) is 4. The van der Waals surface area contributed by atoms with Crippen LogP contribution in [0.25, 0.3) is 0 Å². The summed E-state index contributed by atoms with van der Waals surface area (Å²) in [5.74, 6) is -0.465. The van der Waals surface area contributed by atoms with E-state index in [0.29, 0.717) is 18.8 Å². The van der Waals surface area contributed by atoms with E-state index in [-0.39, 0.29) is 12.1 Å². The zero-order valence-corrected chi connectivity index (χ0v) is 11.3. The van der Waals surface area contributed by atoms with Gasteiger partial charge in [-0.15, -0.1) is 0 Å². The van der Waals surface area contributed by atoms with E-state index in [9.17, 15) is 14.9 Å². The van der Waals surface area contributed by atoms with Crippen LogP contribution in [0.1, 0.15) is 38.5 Å². The van der Waals surface area contributed by atoms with E-state index in [1.54, 1.807) is 18.2 Å². The first-order valence-electron chi connectivity index (χ1n) is 6.69. The molecular formula is C14H19NO5. The second-order valence-electron chi connectivity index (χ2n) is 4.48. The first-order chi connectivity index (χ1) is 9.61. The van der Waals surface area contributed by atoms with Crippen LogP contribution in [-0.2, 0) is 4.79 Å². The van der Waals surface area contributed by atoms with E-state index in [0.717, 1.165) is 25.7 Å². The van der Waals surface area contributed by atoms with Gasteiger partial charge in [0, 0.05) is 12.5 Å². The highest BCUT2D eigenvalue weighted by Crippen LogP contribution is 2.25.